The minimum atomic E-state index is 0.519. The zero-order chi connectivity index (χ0) is 20.5. The Labute approximate surface area is 179 Å². The maximum atomic E-state index is 5.87. The molecule has 0 atom stereocenters. The predicted molar refractivity (Wildman–Crippen MR) is 119 cm³/mol. The van der Waals surface area contributed by atoms with Crippen LogP contribution in [0.25, 0.3) is 0 Å². The van der Waals surface area contributed by atoms with Crippen LogP contribution in [-0.2, 0) is 13.2 Å². The normalized spacial score (nSPS) is 10.7. The van der Waals surface area contributed by atoms with Crippen molar-refractivity contribution in [1.82, 2.24) is 5.43 Å². The topological polar surface area (TPSA) is 52.1 Å². The van der Waals surface area contributed by atoms with E-state index in [4.69, 9.17) is 14.2 Å². The molecule has 0 saturated carbocycles. The summed E-state index contributed by atoms with van der Waals surface area (Å²) < 4.78 is 17.5. The van der Waals surface area contributed by atoms with Crippen LogP contribution >= 0.6 is 15.9 Å². The third-order valence-corrected chi connectivity index (χ3v) is 4.74. The van der Waals surface area contributed by atoms with E-state index in [1.54, 1.807) is 20.4 Å². The van der Waals surface area contributed by atoms with Crippen molar-refractivity contribution in [3.8, 4) is 17.2 Å². The Morgan fingerprint density at radius 1 is 0.897 bits per heavy atom. The third-order valence-electron chi connectivity index (χ3n) is 4.21. The van der Waals surface area contributed by atoms with Crippen LogP contribution in [0.1, 0.15) is 16.7 Å². The molecule has 0 aliphatic carbocycles. The van der Waals surface area contributed by atoms with E-state index >= 15 is 0 Å². The van der Waals surface area contributed by atoms with Crippen LogP contribution in [0.2, 0.25) is 0 Å². The number of methoxy groups -OCH3 is 2. The molecule has 6 heteroatoms. The first-order valence-electron chi connectivity index (χ1n) is 9.12. The van der Waals surface area contributed by atoms with Gasteiger partial charge in [-0.2, -0.15) is 5.10 Å². The lowest BCUT2D eigenvalue weighted by Crippen LogP contribution is -2.06. The number of nitrogens with one attached hydrogen (secondary N) is 1. The highest BCUT2D eigenvalue weighted by molar-refractivity contribution is 9.10. The first-order valence-corrected chi connectivity index (χ1v) is 9.91. The van der Waals surface area contributed by atoms with Gasteiger partial charge >= 0.3 is 0 Å². The van der Waals surface area contributed by atoms with E-state index in [-0.39, 0.29) is 0 Å². The monoisotopic (exact) mass is 454 g/mol. The molecule has 0 heterocycles. The number of hydrazone groups is 1. The molecule has 0 aliphatic heterocycles. The summed E-state index contributed by atoms with van der Waals surface area (Å²) >= 11 is 3.44. The molecule has 0 radical (unpaired) electrons. The van der Waals surface area contributed by atoms with Crippen LogP contribution in [0.15, 0.2) is 76.3 Å². The highest BCUT2D eigenvalue weighted by Crippen LogP contribution is 2.27. The van der Waals surface area contributed by atoms with Crippen LogP contribution in [0.5, 0.6) is 17.2 Å². The Hall–Kier alpha value is -2.99. The fourth-order valence-corrected chi connectivity index (χ4v) is 2.94. The Kier molecular flexibility index (Phi) is 7.53. The van der Waals surface area contributed by atoms with Gasteiger partial charge in [0.2, 0.25) is 0 Å². The summed E-state index contributed by atoms with van der Waals surface area (Å²) in [5.41, 5.74) is 6.17. The Bertz CT molecular complexity index is 959. The molecule has 0 saturated heterocycles. The van der Waals surface area contributed by atoms with Gasteiger partial charge in [-0.1, -0.05) is 46.3 Å². The summed E-state index contributed by atoms with van der Waals surface area (Å²) in [5, 5.41) is 4.30. The standard InChI is InChI=1S/C23H23BrN2O3/c1-27-22-11-8-19(13-23(22)28-2)15-26-25-14-18-4-3-5-21(12-18)29-16-17-6-9-20(24)10-7-17/h3-14,26H,15-16H2,1-2H3/b25-14-. The van der Waals surface area contributed by atoms with E-state index in [2.05, 4.69) is 26.5 Å². The molecule has 0 bridgehead atoms. The van der Waals surface area contributed by atoms with Crippen molar-refractivity contribution < 1.29 is 14.2 Å². The molecule has 0 fully saturated rings. The summed E-state index contributed by atoms with van der Waals surface area (Å²) in [4.78, 5) is 0. The van der Waals surface area contributed by atoms with Gasteiger partial charge in [0.05, 0.1) is 27.0 Å². The summed E-state index contributed by atoms with van der Waals surface area (Å²) in [6.07, 6.45) is 1.77. The van der Waals surface area contributed by atoms with Crippen molar-refractivity contribution in [2.75, 3.05) is 14.2 Å². The number of benzene rings is 3. The molecule has 0 unspecified atom stereocenters. The summed E-state index contributed by atoms with van der Waals surface area (Å²) in [6, 6.07) is 21.7. The van der Waals surface area contributed by atoms with E-state index < -0.39 is 0 Å². The lowest BCUT2D eigenvalue weighted by Gasteiger charge is -2.09. The molecule has 1 N–H and O–H groups in total. The highest BCUT2D eigenvalue weighted by atomic mass is 79.9. The number of rotatable bonds is 9. The molecule has 0 aromatic heterocycles. The smallest absolute Gasteiger partial charge is 0.161 e. The third kappa shape index (κ3) is 6.26. The van der Waals surface area contributed by atoms with Gasteiger partial charge in [0.25, 0.3) is 0 Å². The van der Waals surface area contributed by atoms with E-state index in [0.717, 1.165) is 26.9 Å². The minimum absolute atomic E-state index is 0.519. The maximum Gasteiger partial charge on any atom is 0.161 e. The highest BCUT2D eigenvalue weighted by Gasteiger charge is 2.04. The molecule has 0 spiro atoms. The molecular weight excluding hydrogens is 432 g/mol. The Balaban J connectivity index is 1.53. The number of nitrogens with zero attached hydrogens (tertiary/aromatic N) is 1. The van der Waals surface area contributed by atoms with E-state index in [1.807, 2.05) is 66.7 Å². The second-order valence-electron chi connectivity index (χ2n) is 6.27. The quantitative estimate of drug-likeness (QED) is 0.357. The SMILES string of the molecule is COc1ccc(CN/N=C\c2cccc(OCc3ccc(Br)cc3)c2)cc1OC. The molecule has 3 rings (SSSR count). The average molecular weight is 455 g/mol. The van der Waals surface area contributed by atoms with Gasteiger partial charge in [-0.15, -0.1) is 0 Å². The van der Waals surface area contributed by atoms with Crippen molar-refractivity contribution in [2.45, 2.75) is 13.2 Å². The van der Waals surface area contributed by atoms with Crippen molar-refractivity contribution in [1.29, 1.82) is 0 Å². The molecule has 150 valence electrons. The maximum absolute atomic E-state index is 5.87. The van der Waals surface area contributed by atoms with Gasteiger partial charge in [-0.3, -0.25) is 0 Å². The minimum Gasteiger partial charge on any atom is -0.493 e. The van der Waals surface area contributed by atoms with E-state index in [9.17, 15) is 0 Å². The number of halogens is 1. The average Bonchev–Trinajstić information content (AvgIpc) is 2.76. The first kappa shape index (κ1) is 20.7. The van der Waals surface area contributed by atoms with Crippen molar-refractivity contribution in [3.63, 3.8) is 0 Å². The lowest BCUT2D eigenvalue weighted by molar-refractivity contribution is 0.306. The van der Waals surface area contributed by atoms with Crippen LogP contribution in [0, 0.1) is 0 Å². The van der Waals surface area contributed by atoms with E-state index in [1.165, 1.54) is 0 Å². The van der Waals surface area contributed by atoms with Crippen LogP contribution in [0.4, 0.5) is 0 Å². The van der Waals surface area contributed by atoms with Crippen molar-refractivity contribution in [2.24, 2.45) is 5.10 Å². The van der Waals surface area contributed by atoms with Gasteiger partial charge in [-0.25, -0.2) is 0 Å². The summed E-state index contributed by atoms with van der Waals surface area (Å²) in [5.74, 6) is 2.21. The zero-order valence-electron chi connectivity index (χ0n) is 16.4. The molecular formula is C23H23BrN2O3. The molecule has 3 aromatic rings. The van der Waals surface area contributed by atoms with Crippen LogP contribution < -0.4 is 19.6 Å². The summed E-state index contributed by atoms with van der Waals surface area (Å²) in [6.45, 7) is 1.10. The second kappa shape index (κ2) is 10.5. The molecule has 0 amide bonds. The fourth-order valence-electron chi connectivity index (χ4n) is 2.68. The van der Waals surface area contributed by atoms with Gasteiger partial charge in [0.1, 0.15) is 12.4 Å². The Morgan fingerprint density at radius 3 is 2.41 bits per heavy atom. The largest absolute Gasteiger partial charge is 0.493 e. The predicted octanol–water partition coefficient (Wildman–Crippen LogP) is 5.17. The van der Waals surface area contributed by atoms with E-state index in [0.29, 0.717) is 24.7 Å². The van der Waals surface area contributed by atoms with Gasteiger partial charge in [0.15, 0.2) is 11.5 Å². The first-order chi connectivity index (χ1) is 14.2. The number of ether oxygens (including phenoxy) is 3. The van der Waals surface area contributed by atoms with Crippen LogP contribution in [-0.4, -0.2) is 20.4 Å². The van der Waals surface area contributed by atoms with Crippen molar-refractivity contribution in [3.05, 3.63) is 87.9 Å². The van der Waals surface area contributed by atoms with Gasteiger partial charge < -0.3 is 19.6 Å². The van der Waals surface area contributed by atoms with Gasteiger partial charge in [-0.05, 0) is 53.1 Å². The van der Waals surface area contributed by atoms with Crippen LogP contribution in [0.3, 0.4) is 0 Å². The molecule has 29 heavy (non-hydrogen) atoms. The fraction of sp³-hybridized carbons (Fsp3) is 0.174. The number of hydrogen-bond acceptors (Lipinski definition) is 5. The number of hydrogen-bond donors (Lipinski definition) is 1. The lowest BCUT2D eigenvalue weighted by atomic mass is 10.2. The molecule has 3 aromatic carbocycles. The van der Waals surface area contributed by atoms with Crippen molar-refractivity contribution >= 4 is 22.1 Å². The summed E-state index contributed by atoms with van der Waals surface area (Å²) in [7, 11) is 3.25. The second-order valence-corrected chi connectivity index (χ2v) is 7.19. The zero-order valence-corrected chi connectivity index (χ0v) is 18.0. The molecule has 0 aliphatic rings. The Morgan fingerprint density at radius 2 is 1.66 bits per heavy atom. The van der Waals surface area contributed by atoms with Gasteiger partial charge in [0, 0.05) is 4.47 Å². The molecule has 5 nitrogen and oxygen atoms in total.